The summed E-state index contributed by atoms with van der Waals surface area (Å²) in [6.45, 7) is 2.24. The summed E-state index contributed by atoms with van der Waals surface area (Å²) in [6.07, 6.45) is 4.39. The Labute approximate surface area is 107 Å². The van der Waals surface area contributed by atoms with Crippen LogP contribution in [0.4, 0.5) is 5.69 Å². The van der Waals surface area contributed by atoms with Gasteiger partial charge in [-0.3, -0.25) is 4.31 Å². The topological polar surface area (TPSA) is 37.4 Å². The van der Waals surface area contributed by atoms with Crippen molar-refractivity contribution in [3.8, 4) is 0 Å². The predicted molar refractivity (Wildman–Crippen MR) is 71.0 cm³/mol. The summed E-state index contributed by atoms with van der Waals surface area (Å²) in [6, 6.07) is 5.45. The van der Waals surface area contributed by atoms with Crippen LogP contribution in [0.25, 0.3) is 0 Å². The van der Waals surface area contributed by atoms with Gasteiger partial charge in [-0.1, -0.05) is 17.7 Å². The summed E-state index contributed by atoms with van der Waals surface area (Å²) in [5.74, 6) is 0.373. The third-order valence-electron chi connectivity index (χ3n) is 2.82. The van der Waals surface area contributed by atoms with Gasteiger partial charge in [0.15, 0.2) is 0 Å². The smallest absolute Gasteiger partial charge is 0.232 e. The van der Waals surface area contributed by atoms with E-state index >= 15 is 0 Å². The minimum absolute atomic E-state index is 0.373. The second kappa shape index (κ2) is 4.50. The van der Waals surface area contributed by atoms with E-state index in [1.165, 1.54) is 10.6 Å². The molecule has 1 aromatic rings. The summed E-state index contributed by atoms with van der Waals surface area (Å²) in [7, 11) is -3.25. The van der Waals surface area contributed by atoms with Gasteiger partial charge in [0.1, 0.15) is 0 Å². The molecule has 1 radical (unpaired) electrons. The first kappa shape index (κ1) is 12.7. The second-order valence-electron chi connectivity index (χ2n) is 4.21. The molecule has 1 fully saturated rings. The van der Waals surface area contributed by atoms with Crippen LogP contribution in [-0.4, -0.2) is 21.2 Å². The Morgan fingerprint density at radius 1 is 1.47 bits per heavy atom. The molecule has 1 aromatic carbocycles. The highest BCUT2D eigenvalue weighted by atomic mass is 35.5. The van der Waals surface area contributed by atoms with E-state index in [1.54, 1.807) is 6.07 Å². The SMILES string of the molecule is CCN(c1cc(Cl)ccc1C1[CH]C1)S(C)(=O)=O. The molecule has 1 aliphatic carbocycles. The quantitative estimate of drug-likeness (QED) is 0.845. The van der Waals surface area contributed by atoms with Gasteiger partial charge in [-0.15, -0.1) is 0 Å². The van der Waals surface area contributed by atoms with E-state index in [2.05, 4.69) is 6.42 Å². The highest BCUT2D eigenvalue weighted by molar-refractivity contribution is 7.92. The Kier molecular flexibility index (Phi) is 3.36. The normalized spacial score (nSPS) is 15.9. The van der Waals surface area contributed by atoms with Crippen LogP contribution >= 0.6 is 11.6 Å². The molecular weight excluding hydrogens is 258 g/mol. The van der Waals surface area contributed by atoms with Crippen molar-refractivity contribution in [3.05, 3.63) is 35.2 Å². The molecule has 3 nitrogen and oxygen atoms in total. The highest BCUT2D eigenvalue weighted by Crippen LogP contribution is 2.44. The maximum atomic E-state index is 11.7. The lowest BCUT2D eigenvalue weighted by Crippen LogP contribution is -2.30. The van der Waals surface area contributed by atoms with Crippen molar-refractivity contribution >= 4 is 27.3 Å². The Morgan fingerprint density at radius 2 is 2.12 bits per heavy atom. The Hall–Kier alpha value is -0.740. The van der Waals surface area contributed by atoms with Crippen LogP contribution in [-0.2, 0) is 10.0 Å². The molecule has 1 saturated carbocycles. The average Bonchev–Trinajstić information content (AvgIpc) is 3.00. The Morgan fingerprint density at radius 3 is 2.59 bits per heavy atom. The predicted octanol–water partition coefficient (Wildman–Crippen LogP) is 2.82. The average molecular weight is 273 g/mol. The van der Waals surface area contributed by atoms with E-state index in [0.29, 0.717) is 23.2 Å². The van der Waals surface area contributed by atoms with Gasteiger partial charge in [-0.05, 0) is 43.4 Å². The number of benzene rings is 1. The van der Waals surface area contributed by atoms with Crippen molar-refractivity contribution in [1.82, 2.24) is 0 Å². The third-order valence-corrected chi connectivity index (χ3v) is 4.31. The van der Waals surface area contributed by atoms with Gasteiger partial charge < -0.3 is 0 Å². The molecule has 0 aromatic heterocycles. The highest BCUT2D eigenvalue weighted by Gasteiger charge is 2.29. The zero-order valence-corrected chi connectivity index (χ0v) is 11.4. The van der Waals surface area contributed by atoms with E-state index < -0.39 is 10.0 Å². The van der Waals surface area contributed by atoms with Crippen molar-refractivity contribution in [2.75, 3.05) is 17.1 Å². The maximum Gasteiger partial charge on any atom is 0.232 e. The maximum absolute atomic E-state index is 11.7. The molecule has 0 aliphatic heterocycles. The molecular formula is C12H15ClNO2S. The van der Waals surface area contributed by atoms with E-state index in [9.17, 15) is 8.42 Å². The number of nitrogens with zero attached hydrogens (tertiary/aromatic N) is 1. The minimum atomic E-state index is -3.25. The molecule has 0 amide bonds. The van der Waals surface area contributed by atoms with Crippen molar-refractivity contribution < 1.29 is 8.42 Å². The summed E-state index contributed by atoms with van der Waals surface area (Å²) in [5.41, 5.74) is 1.75. The molecule has 0 heterocycles. The van der Waals surface area contributed by atoms with Crippen LogP contribution in [0, 0.1) is 6.42 Å². The number of hydrogen-bond donors (Lipinski definition) is 0. The fourth-order valence-electron chi connectivity index (χ4n) is 1.95. The van der Waals surface area contributed by atoms with Crippen LogP contribution in [0.1, 0.15) is 24.8 Å². The van der Waals surface area contributed by atoms with E-state index in [0.717, 1.165) is 12.0 Å². The molecule has 0 bridgehead atoms. The molecule has 2 rings (SSSR count). The lowest BCUT2D eigenvalue weighted by molar-refractivity contribution is 0.597. The Balaban J connectivity index is 2.51. The summed E-state index contributed by atoms with van der Waals surface area (Å²) < 4.78 is 24.9. The first-order chi connectivity index (χ1) is 7.93. The first-order valence-corrected chi connectivity index (χ1v) is 7.76. The zero-order chi connectivity index (χ0) is 12.6. The summed E-state index contributed by atoms with van der Waals surface area (Å²) in [5, 5.41) is 0.562. The lowest BCUT2D eigenvalue weighted by atomic mass is 10.1. The summed E-state index contributed by atoms with van der Waals surface area (Å²) >= 11 is 5.96. The van der Waals surface area contributed by atoms with E-state index in [1.807, 2.05) is 19.1 Å². The van der Waals surface area contributed by atoms with E-state index in [4.69, 9.17) is 11.6 Å². The molecule has 17 heavy (non-hydrogen) atoms. The van der Waals surface area contributed by atoms with Crippen molar-refractivity contribution in [2.24, 2.45) is 0 Å². The van der Waals surface area contributed by atoms with Crippen molar-refractivity contribution in [2.45, 2.75) is 19.3 Å². The molecule has 0 spiro atoms. The molecule has 5 heteroatoms. The number of hydrogen-bond acceptors (Lipinski definition) is 2. The van der Waals surface area contributed by atoms with Gasteiger partial charge >= 0.3 is 0 Å². The first-order valence-electron chi connectivity index (χ1n) is 5.54. The van der Waals surface area contributed by atoms with Crippen LogP contribution in [0.15, 0.2) is 18.2 Å². The molecule has 0 N–H and O–H groups in total. The van der Waals surface area contributed by atoms with Gasteiger partial charge in [-0.25, -0.2) is 8.42 Å². The number of halogens is 1. The zero-order valence-electron chi connectivity index (χ0n) is 9.85. The molecule has 1 atom stereocenters. The van der Waals surface area contributed by atoms with Gasteiger partial charge in [0.25, 0.3) is 0 Å². The minimum Gasteiger partial charge on any atom is -0.270 e. The molecule has 1 aliphatic rings. The standard InChI is InChI=1S/C12H15ClNO2S/c1-3-14(17(2,15)16)12-8-10(13)6-7-11(12)9-4-5-9/h4,6-9H,3,5H2,1-2H3. The fraction of sp³-hybridized carbons (Fsp3) is 0.417. The van der Waals surface area contributed by atoms with Gasteiger partial charge in [0.2, 0.25) is 10.0 Å². The number of anilines is 1. The van der Waals surface area contributed by atoms with Crippen LogP contribution in [0.3, 0.4) is 0 Å². The van der Waals surface area contributed by atoms with Crippen LogP contribution in [0.2, 0.25) is 5.02 Å². The van der Waals surface area contributed by atoms with Gasteiger partial charge in [0, 0.05) is 11.6 Å². The Bertz CT molecular complexity index is 523. The summed E-state index contributed by atoms with van der Waals surface area (Å²) in [4.78, 5) is 0. The number of sulfonamides is 1. The van der Waals surface area contributed by atoms with Gasteiger partial charge in [0.05, 0.1) is 11.9 Å². The molecule has 1 unspecified atom stereocenters. The van der Waals surface area contributed by atoms with Crippen LogP contribution in [0.5, 0.6) is 0 Å². The lowest BCUT2D eigenvalue weighted by Gasteiger charge is -2.23. The fourth-order valence-corrected chi connectivity index (χ4v) is 3.10. The van der Waals surface area contributed by atoms with Crippen molar-refractivity contribution in [3.63, 3.8) is 0 Å². The van der Waals surface area contributed by atoms with E-state index in [-0.39, 0.29) is 0 Å². The monoisotopic (exact) mass is 272 g/mol. The largest absolute Gasteiger partial charge is 0.270 e. The second-order valence-corrected chi connectivity index (χ2v) is 6.55. The van der Waals surface area contributed by atoms with Crippen molar-refractivity contribution in [1.29, 1.82) is 0 Å². The molecule has 0 saturated heterocycles. The third kappa shape index (κ3) is 2.75. The van der Waals surface area contributed by atoms with Gasteiger partial charge in [-0.2, -0.15) is 0 Å². The number of rotatable bonds is 4. The molecule has 93 valence electrons. The van der Waals surface area contributed by atoms with Crippen LogP contribution < -0.4 is 4.31 Å².